The molecule has 0 amide bonds. The number of alkyl halides is 1. The number of ether oxygens (including phenoxy) is 1. The van der Waals surface area contributed by atoms with Gasteiger partial charge in [0.05, 0.1) is 22.9 Å². The summed E-state index contributed by atoms with van der Waals surface area (Å²) < 4.78 is 6.40. The highest BCUT2D eigenvalue weighted by Gasteiger charge is 2.40. The summed E-state index contributed by atoms with van der Waals surface area (Å²) in [4.78, 5) is 0. The van der Waals surface area contributed by atoms with Gasteiger partial charge in [-0.3, -0.25) is 0 Å². The molecular formula is C13H15ClINO2. The van der Waals surface area contributed by atoms with Gasteiger partial charge in [-0.2, -0.15) is 0 Å². The topological polar surface area (TPSA) is 41.5 Å². The van der Waals surface area contributed by atoms with E-state index >= 15 is 0 Å². The predicted octanol–water partition coefficient (Wildman–Crippen LogP) is 3.36. The Morgan fingerprint density at radius 2 is 2.28 bits per heavy atom. The first-order chi connectivity index (χ1) is 8.69. The Morgan fingerprint density at radius 3 is 3.06 bits per heavy atom. The molecule has 2 N–H and O–H groups in total. The lowest BCUT2D eigenvalue weighted by atomic mass is 9.84. The van der Waals surface area contributed by atoms with Gasteiger partial charge in [-0.05, 0) is 31.0 Å². The lowest BCUT2D eigenvalue weighted by Crippen LogP contribution is -2.41. The molecular weight excluding hydrogens is 365 g/mol. The zero-order valence-corrected chi connectivity index (χ0v) is 12.7. The van der Waals surface area contributed by atoms with Crippen molar-refractivity contribution in [3.05, 3.63) is 28.8 Å². The molecule has 0 aromatic heterocycles. The Kier molecular flexibility index (Phi) is 3.71. The molecule has 2 aliphatic heterocycles. The molecule has 3 nitrogen and oxygen atoms in total. The van der Waals surface area contributed by atoms with E-state index in [4.69, 9.17) is 16.3 Å². The van der Waals surface area contributed by atoms with Crippen molar-refractivity contribution < 1.29 is 9.84 Å². The quantitative estimate of drug-likeness (QED) is 0.447. The van der Waals surface area contributed by atoms with Crippen LogP contribution in [0.25, 0.3) is 0 Å². The van der Waals surface area contributed by atoms with E-state index in [2.05, 4.69) is 27.9 Å². The first kappa shape index (κ1) is 13.0. The van der Waals surface area contributed by atoms with Crippen molar-refractivity contribution in [2.75, 3.05) is 11.9 Å². The number of nitrogens with one attached hydrogen (secondary N) is 1. The Labute approximate surface area is 125 Å². The molecule has 18 heavy (non-hydrogen) atoms. The highest BCUT2D eigenvalue weighted by molar-refractivity contribution is 14.1. The average Bonchev–Trinajstić information content (AvgIpc) is 2.39. The molecule has 0 unspecified atom stereocenters. The van der Waals surface area contributed by atoms with Crippen molar-refractivity contribution >= 4 is 39.9 Å². The number of benzene rings is 1. The van der Waals surface area contributed by atoms with Gasteiger partial charge < -0.3 is 15.2 Å². The summed E-state index contributed by atoms with van der Waals surface area (Å²) in [7, 11) is 0. The molecule has 3 rings (SSSR count). The highest BCUT2D eigenvalue weighted by atomic mass is 127. The molecule has 4 atom stereocenters. The minimum Gasteiger partial charge on any atom is -0.394 e. The van der Waals surface area contributed by atoms with Gasteiger partial charge in [0.2, 0.25) is 0 Å². The summed E-state index contributed by atoms with van der Waals surface area (Å²) in [5.74, 6) is 0.444. The highest BCUT2D eigenvalue weighted by Crippen LogP contribution is 2.47. The van der Waals surface area contributed by atoms with Gasteiger partial charge >= 0.3 is 0 Å². The average molecular weight is 380 g/mol. The molecule has 98 valence electrons. The number of anilines is 1. The maximum absolute atomic E-state index is 9.28. The van der Waals surface area contributed by atoms with Crippen LogP contribution in [0, 0.1) is 5.92 Å². The van der Waals surface area contributed by atoms with Crippen LogP contribution in [0.4, 0.5) is 5.69 Å². The lowest BCUT2D eigenvalue weighted by Gasteiger charge is -2.43. The number of hydrogen-bond donors (Lipinski definition) is 2. The second kappa shape index (κ2) is 5.15. The van der Waals surface area contributed by atoms with Crippen molar-refractivity contribution in [1.29, 1.82) is 0 Å². The molecule has 0 radical (unpaired) electrons. The zero-order chi connectivity index (χ0) is 12.7. The van der Waals surface area contributed by atoms with Crippen molar-refractivity contribution in [2.45, 2.75) is 29.1 Å². The second-order valence-corrected chi connectivity index (χ2v) is 6.66. The van der Waals surface area contributed by atoms with E-state index in [0.717, 1.165) is 29.1 Å². The monoisotopic (exact) mass is 379 g/mol. The summed E-state index contributed by atoms with van der Waals surface area (Å²) in [6.45, 7) is 0.0957. The van der Waals surface area contributed by atoms with Gasteiger partial charge in [0.15, 0.2) is 0 Å². The fraction of sp³-hybridized carbons (Fsp3) is 0.538. The third-order valence-corrected chi connectivity index (χ3v) is 5.21. The molecule has 2 heterocycles. The summed E-state index contributed by atoms with van der Waals surface area (Å²) in [6.07, 6.45) is 2.00. The first-order valence-electron chi connectivity index (χ1n) is 6.15. The van der Waals surface area contributed by atoms with Crippen LogP contribution in [0.15, 0.2) is 18.2 Å². The van der Waals surface area contributed by atoms with Crippen LogP contribution in [0.1, 0.15) is 24.5 Å². The van der Waals surface area contributed by atoms with E-state index in [1.807, 2.05) is 18.2 Å². The third kappa shape index (κ3) is 2.24. The third-order valence-electron chi connectivity index (χ3n) is 3.74. The Hall–Kier alpha value is -0.0400. The summed E-state index contributed by atoms with van der Waals surface area (Å²) in [5, 5.41) is 13.5. The maximum Gasteiger partial charge on any atom is 0.0905 e. The van der Waals surface area contributed by atoms with Gasteiger partial charge in [-0.25, -0.2) is 0 Å². The Bertz CT molecular complexity index is 457. The van der Waals surface area contributed by atoms with Crippen molar-refractivity contribution in [3.63, 3.8) is 0 Å². The number of rotatable bonds is 1. The zero-order valence-electron chi connectivity index (χ0n) is 9.77. The van der Waals surface area contributed by atoms with Crippen molar-refractivity contribution in [3.8, 4) is 0 Å². The fourth-order valence-electron chi connectivity index (χ4n) is 2.80. The molecule has 0 bridgehead atoms. The van der Waals surface area contributed by atoms with E-state index in [-0.39, 0.29) is 18.8 Å². The first-order valence-corrected chi connectivity index (χ1v) is 7.78. The van der Waals surface area contributed by atoms with E-state index in [1.165, 1.54) is 0 Å². The van der Waals surface area contributed by atoms with Crippen LogP contribution in [0.3, 0.4) is 0 Å². The summed E-state index contributed by atoms with van der Waals surface area (Å²) in [5.41, 5.74) is 2.22. The van der Waals surface area contributed by atoms with E-state index in [0.29, 0.717) is 9.97 Å². The normalized spacial score (nSPS) is 34.4. The molecule has 1 fully saturated rings. The molecule has 0 aliphatic carbocycles. The van der Waals surface area contributed by atoms with E-state index in [9.17, 15) is 5.11 Å². The van der Waals surface area contributed by atoms with E-state index < -0.39 is 0 Å². The maximum atomic E-state index is 9.28. The Morgan fingerprint density at radius 1 is 1.44 bits per heavy atom. The number of halogens is 2. The van der Waals surface area contributed by atoms with Crippen LogP contribution in [-0.2, 0) is 4.74 Å². The number of hydrogen-bond acceptors (Lipinski definition) is 3. The van der Waals surface area contributed by atoms with Crippen LogP contribution in [0.5, 0.6) is 0 Å². The van der Waals surface area contributed by atoms with Crippen molar-refractivity contribution in [1.82, 2.24) is 0 Å². The lowest BCUT2D eigenvalue weighted by molar-refractivity contribution is -0.103. The molecule has 1 aromatic rings. The van der Waals surface area contributed by atoms with Gasteiger partial charge in [0.25, 0.3) is 0 Å². The van der Waals surface area contributed by atoms with Crippen LogP contribution in [0.2, 0.25) is 5.02 Å². The smallest absolute Gasteiger partial charge is 0.0905 e. The number of aliphatic hydroxyl groups excluding tert-OH is 1. The summed E-state index contributed by atoms with van der Waals surface area (Å²) >= 11 is 8.51. The Balaban J connectivity index is 1.98. The van der Waals surface area contributed by atoms with E-state index in [1.54, 1.807) is 0 Å². The standard InChI is InChI=1S/C13H15ClINO2/c14-7-1-4-11-10(5-7)12-9(13(15)16-11)3-2-8(6-17)18-12/h1,4-5,8-9,12-13,16-17H,2-3,6H2/t8-,9-,12+,13-/m1/s1. The molecule has 1 saturated heterocycles. The largest absolute Gasteiger partial charge is 0.394 e. The molecule has 0 spiro atoms. The van der Waals surface area contributed by atoms with Gasteiger partial charge in [0, 0.05) is 22.2 Å². The molecule has 1 aromatic carbocycles. The SMILES string of the molecule is OC[C@H]1CC[C@H]2[C@H](I)Nc3ccc(Cl)cc3[C@H]2O1. The van der Waals surface area contributed by atoms with Crippen LogP contribution in [-0.4, -0.2) is 21.9 Å². The second-order valence-electron chi connectivity index (χ2n) is 4.88. The predicted molar refractivity (Wildman–Crippen MR) is 80.3 cm³/mol. The summed E-state index contributed by atoms with van der Waals surface area (Å²) in [6, 6.07) is 5.87. The van der Waals surface area contributed by atoms with Crippen molar-refractivity contribution in [2.24, 2.45) is 5.92 Å². The van der Waals surface area contributed by atoms with Crippen LogP contribution >= 0.6 is 34.2 Å². The number of aliphatic hydroxyl groups is 1. The van der Waals surface area contributed by atoms with Crippen LogP contribution < -0.4 is 5.32 Å². The molecule has 2 aliphatic rings. The molecule has 5 heteroatoms. The van der Waals surface area contributed by atoms with Gasteiger partial charge in [-0.1, -0.05) is 34.2 Å². The molecule has 0 saturated carbocycles. The minimum atomic E-state index is -0.0419. The minimum absolute atomic E-state index is 0.0419. The number of fused-ring (bicyclic) bond motifs is 3. The van der Waals surface area contributed by atoms with Gasteiger partial charge in [0.1, 0.15) is 0 Å². The van der Waals surface area contributed by atoms with Gasteiger partial charge in [-0.15, -0.1) is 0 Å². The fourth-order valence-corrected chi connectivity index (χ4v) is 4.05.